The molecular formula is C39H75NO5. The quantitative estimate of drug-likeness (QED) is 0.0552. The van der Waals surface area contributed by atoms with E-state index in [4.69, 9.17) is 9.47 Å². The number of carbonyl (C=O) groups is 3. The summed E-state index contributed by atoms with van der Waals surface area (Å²) in [6, 6.07) is 0. The molecule has 0 aromatic heterocycles. The molecule has 0 spiro atoms. The van der Waals surface area contributed by atoms with E-state index in [0.29, 0.717) is 32.2 Å². The van der Waals surface area contributed by atoms with Crippen LogP contribution < -0.4 is 5.32 Å². The number of esters is 2. The Kier molecular flexibility index (Phi) is 34.0. The molecule has 0 saturated carbocycles. The van der Waals surface area contributed by atoms with Gasteiger partial charge < -0.3 is 14.8 Å². The van der Waals surface area contributed by atoms with E-state index in [1.807, 2.05) is 0 Å². The van der Waals surface area contributed by atoms with Gasteiger partial charge in [-0.1, -0.05) is 175 Å². The van der Waals surface area contributed by atoms with Crippen LogP contribution in [0.4, 0.5) is 0 Å². The largest absolute Gasteiger partial charge is 0.462 e. The van der Waals surface area contributed by atoms with Crippen LogP contribution in [0.2, 0.25) is 0 Å². The normalized spacial score (nSPS) is 11.8. The number of hydrogen-bond acceptors (Lipinski definition) is 5. The summed E-state index contributed by atoms with van der Waals surface area (Å²) in [6.07, 6.45) is 34.1. The molecule has 0 aromatic rings. The van der Waals surface area contributed by atoms with Crippen molar-refractivity contribution in [2.45, 2.75) is 219 Å². The number of nitrogens with one attached hydrogen (secondary N) is 1. The Morgan fingerprint density at radius 3 is 1.22 bits per heavy atom. The number of carbonyl (C=O) groups excluding carboxylic acids is 3. The van der Waals surface area contributed by atoms with Crippen LogP contribution in [0, 0.1) is 0 Å². The van der Waals surface area contributed by atoms with Gasteiger partial charge in [0.15, 0.2) is 0 Å². The van der Waals surface area contributed by atoms with E-state index in [-0.39, 0.29) is 24.5 Å². The lowest BCUT2D eigenvalue weighted by Crippen LogP contribution is -2.31. The summed E-state index contributed by atoms with van der Waals surface area (Å²) >= 11 is 0. The van der Waals surface area contributed by atoms with Crippen molar-refractivity contribution in [3.8, 4) is 0 Å². The van der Waals surface area contributed by atoms with Gasteiger partial charge in [0.2, 0.25) is 5.91 Å². The van der Waals surface area contributed by atoms with Crippen LogP contribution in [-0.4, -0.2) is 37.1 Å². The van der Waals surface area contributed by atoms with Crippen molar-refractivity contribution in [1.29, 1.82) is 0 Å². The summed E-state index contributed by atoms with van der Waals surface area (Å²) in [6.45, 7) is 6.79. The average Bonchev–Trinajstić information content (AvgIpc) is 3.04. The van der Waals surface area contributed by atoms with Gasteiger partial charge in [0, 0.05) is 32.2 Å². The second-order valence-electron chi connectivity index (χ2n) is 13.3. The molecule has 6 nitrogen and oxygen atoms in total. The molecule has 6 heteroatoms. The first-order chi connectivity index (χ1) is 22.0. The zero-order valence-corrected chi connectivity index (χ0v) is 30.2. The van der Waals surface area contributed by atoms with Crippen molar-refractivity contribution >= 4 is 17.8 Å². The molecule has 1 N–H and O–H groups in total. The lowest BCUT2D eigenvalue weighted by Gasteiger charge is -2.18. The van der Waals surface area contributed by atoms with Gasteiger partial charge in [0.1, 0.15) is 12.7 Å². The molecule has 45 heavy (non-hydrogen) atoms. The Hall–Kier alpha value is -1.59. The van der Waals surface area contributed by atoms with Crippen LogP contribution in [0.15, 0.2) is 0 Å². The second-order valence-corrected chi connectivity index (χ2v) is 13.3. The highest BCUT2D eigenvalue weighted by molar-refractivity contribution is 5.75. The first kappa shape index (κ1) is 43.4. The summed E-state index contributed by atoms with van der Waals surface area (Å²) in [5.74, 6) is -0.503. The predicted octanol–water partition coefficient (Wildman–Crippen LogP) is 11.3. The molecule has 1 amide bonds. The maximum Gasteiger partial charge on any atom is 0.306 e. The monoisotopic (exact) mass is 638 g/mol. The van der Waals surface area contributed by atoms with E-state index in [2.05, 4.69) is 19.2 Å². The number of ether oxygens (including phenoxy) is 2. The minimum Gasteiger partial charge on any atom is -0.462 e. The van der Waals surface area contributed by atoms with Gasteiger partial charge in [-0.05, 0) is 12.8 Å². The third kappa shape index (κ3) is 33.6. The molecule has 0 aliphatic rings. The highest BCUT2D eigenvalue weighted by Gasteiger charge is 2.17. The number of amides is 1. The van der Waals surface area contributed by atoms with Gasteiger partial charge in [-0.25, -0.2) is 0 Å². The van der Waals surface area contributed by atoms with Gasteiger partial charge in [-0.3, -0.25) is 14.4 Å². The molecule has 0 fully saturated rings. The van der Waals surface area contributed by atoms with Crippen molar-refractivity contribution in [3.05, 3.63) is 0 Å². The van der Waals surface area contributed by atoms with Crippen molar-refractivity contribution < 1.29 is 23.9 Å². The fourth-order valence-electron chi connectivity index (χ4n) is 5.75. The van der Waals surface area contributed by atoms with Crippen LogP contribution >= 0.6 is 0 Å². The Morgan fingerprint density at radius 1 is 0.489 bits per heavy atom. The molecule has 1 atom stereocenters. The molecule has 0 radical (unpaired) electrons. The molecule has 0 aromatic carbocycles. The standard InChI is InChI=1S/C39H75NO5/c1-4-7-9-11-13-15-17-19-21-23-25-27-29-31-38(42)44-35-36(33-34-40-37(41)6-3)45-39(43)32-30-28-26-24-22-20-18-16-14-12-10-8-5-2/h36H,4-35H2,1-3H3,(H,40,41). The van der Waals surface area contributed by atoms with E-state index in [1.165, 1.54) is 135 Å². The van der Waals surface area contributed by atoms with E-state index in [9.17, 15) is 14.4 Å². The smallest absolute Gasteiger partial charge is 0.306 e. The van der Waals surface area contributed by atoms with E-state index >= 15 is 0 Å². The summed E-state index contributed by atoms with van der Waals surface area (Å²) in [7, 11) is 0. The van der Waals surface area contributed by atoms with Crippen LogP contribution in [0.1, 0.15) is 213 Å². The van der Waals surface area contributed by atoms with Crippen LogP contribution in [-0.2, 0) is 23.9 Å². The fraction of sp³-hybridized carbons (Fsp3) is 0.923. The zero-order chi connectivity index (χ0) is 33.1. The van der Waals surface area contributed by atoms with Crippen LogP contribution in [0.25, 0.3) is 0 Å². The minimum absolute atomic E-state index is 0.0357. The van der Waals surface area contributed by atoms with Crippen molar-refractivity contribution in [2.75, 3.05) is 13.2 Å². The van der Waals surface area contributed by atoms with Crippen LogP contribution in [0.3, 0.4) is 0 Å². The molecule has 0 aliphatic carbocycles. The SMILES string of the molecule is CCCCCCCCCCCCCCCC(=O)OCC(CCNC(=O)CC)OC(=O)CCCCCCCCCCCCCCC. The van der Waals surface area contributed by atoms with E-state index < -0.39 is 6.10 Å². The summed E-state index contributed by atoms with van der Waals surface area (Å²) in [5, 5.41) is 2.83. The third-order valence-corrected chi connectivity index (χ3v) is 8.81. The summed E-state index contributed by atoms with van der Waals surface area (Å²) in [4.78, 5) is 36.5. The minimum atomic E-state index is -0.521. The highest BCUT2D eigenvalue weighted by Crippen LogP contribution is 2.15. The molecule has 0 heterocycles. The maximum atomic E-state index is 12.5. The van der Waals surface area contributed by atoms with Crippen molar-refractivity contribution in [1.82, 2.24) is 5.32 Å². The first-order valence-corrected chi connectivity index (χ1v) is 19.6. The molecule has 0 aliphatic heterocycles. The van der Waals surface area contributed by atoms with E-state index in [1.54, 1.807) is 6.92 Å². The van der Waals surface area contributed by atoms with Gasteiger partial charge in [-0.2, -0.15) is 0 Å². The average molecular weight is 638 g/mol. The van der Waals surface area contributed by atoms with Crippen molar-refractivity contribution in [2.24, 2.45) is 0 Å². The summed E-state index contributed by atoms with van der Waals surface area (Å²) in [5.41, 5.74) is 0. The molecular weight excluding hydrogens is 562 g/mol. The number of hydrogen-bond donors (Lipinski definition) is 1. The van der Waals surface area contributed by atoms with Gasteiger partial charge in [0.25, 0.3) is 0 Å². The Bertz CT molecular complexity index is 668. The summed E-state index contributed by atoms with van der Waals surface area (Å²) < 4.78 is 11.2. The molecule has 0 rings (SSSR count). The molecule has 0 saturated heterocycles. The maximum absolute atomic E-state index is 12.5. The molecule has 0 bridgehead atoms. The third-order valence-electron chi connectivity index (χ3n) is 8.81. The predicted molar refractivity (Wildman–Crippen MR) is 189 cm³/mol. The number of unbranched alkanes of at least 4 members (excludes halogenated alkanes) is 24. The van der Waals surface area contributed by atoms with Crippen molar-refractivity contribution in [3.63, 3.8) is 0 Å². The zero-order valence-electron chi connectivity index (χ0n) is 30.2. The first-order valence-electron chi connectivity index (χ1n) is 19.6. The highest BCUT2D eigenvalue weighted by atomic mass is 16.6. The molecule has 1 unspecified atom stereocenters. The topological polar surface area (TPSA) is 81.7 Å². The molecule has 266 valence electrons. The van der Waals surface area contributed by atoms with Gasteiger partial charge >= 0.3 is 11.9 Å². The lowest BCUT2D eigenvalue weighted by molar-refractivity contribution is -0.159. The van der Waals surface area contributed by atoms with E-state index in [0.717, 1.165) is 32.1 Å². The Labute approximate surface area is 279 Å². The second kappa shape index (κ2) is 35.3. The van der Waals surface area contributed by atoms with Gasteiger partial charge in [-0.15, -0.1) is 0 Å². The Morgan fingerprint density at radius 2 is 0.844 bits per heavy atom. The lowest BCUT2D eigenvalue weighted by atomic mass is 10.0. The van der Waals surface area contributed by atoms with Gasteiger partial charge in [0.05, 0.1) is 0 Å². The van der Waals surface area contributed by atoms with Crippen LogP contribution in [0.5, 0.6) is 0 Å². The number of rotatable bonds is 35. The Balaban J connectivity index is 3.98. The fourth-order valence-corrected chi connectivity index (χ4v) is 5.75.